The van der Waals surface area contributed by atoms with E-state index >= 15 is 0 Å². The van der Waals surface area contributed by atoms with Gasteiger partial charge in [0.15, 0.2) is 0 Å². The van der Waals surface area contributed by atoms with Crippen LogP contribution in [0.25, 0.3) is 0 Å². The molecular formula is C11H16N2O2. The third-order valence-electron chi connectivity index (χ3n) is 2.12. The van der Waals surface area contributed by atoms with Crippen molar-refractivity contribution in [3.63, 3.8) is 0 Å². The molecule has 15 heavy (non-hydrogen) atoms. The van der Waals surface area contributed by atoms with Gasteiger partial charge in [-0.2, -0.15) is 0 Å². The summed E-state index contributed by atoms with van der Waals surface area (Å²) in [6, 6.07) is 7.45. The van der Waals surface area contributed by atoms with Crippen LogP contribution < -0.4 is 5.90 Å². The Morgan fingerprint density at radius 1 is 1.33 bits per heavy atom. The van der Waals surface area contributed by atoms with Gasteiger partial charge in [-0.15, -0.1) is 0 Å². The summed E-state index contributed by atoms with van der Waals surface area (Å²) < 4.78 is 0. The summed E-state index contributed by atoms with van der Waals surface area (Å²) in [5.74, 6) is 4.94. The highest BCUT2D eigenvalue weighted by Crippen LogP contribution is 2.06. The first kappa shape index (κ1) is 11.7. The maximum atomic E-state index is 11.6. The van der Waals surface area contributed by atoms with Gasteiger partial charge in [-0.1, -0.05) is 12.1 Å². The largest absolute Gasteiger partial charge is 0.345 e. The second-order valence-corrected chi connectivity index (χ2v) is 3.52. The van der Waals surface area contributed by atoms with E-state index in [4.69, 9.17) is 5.90 Å². The minimum absolute atomic E-state index is 0.0108. The van der Waals surface area contributed by atoms with E-state index in [0.29, 0.717) is 12.2 Å². The van der Waals surface area contributed by atoms with Gasteiger partial charge in [0, 0.05) is 19.7 Å². The topological polar surface area (TPSA) is 55.6 Å². The van der Waals surface area contributed by atoms with Crippen molar-refractivity contribution in [2.45, 2.75) is 6.42 Å². The first-order valence-electron chi connectivity index (χ1n) is 4.77. The minimum Gasteiger partial charge on any atom is -0.345 e. The molecule has 0 fully saturated rings. The molecular weight excluding hydrogens is 192 g/mol. The number of nitrogens with zero attached hydrogens (tertiary/aromatic N) is 1. The maximum Gasteiger partial charge on any atom is 0.253 e. The van der Waals surface area contributed by atoms with E-state index < -0.39 is 0 Å². The highest BCUT2D eigenvalue weighted by atomic mass is 16.6. The second kappa shape index (κ2) is 5.48. The van der Waals surface area contributed by atoms with Gasteiger partial charge < -0.3 is 9.74 Å². The third kappa shape index (κ3) is 3.34. The van der Waals surface area contributed by atoms with Gasteiger partial charge in [0.25, 0.3) is 5.91 Å². The number of benzene rings is 1. The van der Waals surface area contributed by atoms with E-state index in [1.807, 2.05) is 24.3 Å². The lowest BCUT2D eigenvalue weighted by molar-refractivity contribution is 0.0827. The molecule has 0 saturated carbocycles. The predicted molar refractivity (Wildman–Crippen MR) is 58.3 cm³/mol. The van der Waals surface area contributed by atoms with Crippen LogP contribution in [0.5, 0.6) is 0 Å². The van der Waals surface area contributed by atoms with Crippen molar-refractivity contribution in [2.24, 2.45) is 5.90 Å². The number of rotatable bonds is 4. The van der Waals surface area contributed by atoms with Gasteiger partial charge >= 0.3 is 0 Å². The molecule has 0 aliphatic carbocycles. The zero-order chi connectivity index (χ0) is 11.3. The summed E-state index contributed by atoms with van der Waals surface area (Å²) in [5.41, 5.74) is 1.80. The van der Waals surface area contributed by atoms with Gasteiger partial charge in [-0.3, -0.25) is 4.79 Å². The lowest BCUT2D eigenvalue weighted by Crippen LogP contribution is -2.21. The van der Waals surface area contributed by atoms with Gasteiger partial charge in [-0.25, -0.2) is 5.90 Å². The van der Waals surface area contributed by atoms with Crippen LogP contribution in [-0.2, 0) is 11.3 Å². The summed E-state index contributed by atoms with van der Waals surface area (Å²) >= 11 is 0. The third-order valence-corrected chi connectivity index (χ3v) is 2.12. The summed E-state index contributed by atoms with van der Waals surface area (Å²) in [6.07, 6.45) is 0.757. The number of hydrogen-bond acceptors (Lipinski definition) is 3. The van der Waals surface area contributed by atoms with Crippen molar-refractivity contribution in [2.75, 3.05) is 20.7 Å². The fourth-order valence-electron chi connectivity index (χ4n) is 1.25. The number of nitrogens with two attached hydrogens (primary N) is 1. The fraction of sp³-hybridized carbons (Fsp3) is 0.364. The Balaban J connectivity index is 2.68. The molecule has 0 atom stereocenters. The highest BCUT2D eigenvalue weighted by Gasteiger charge is 2.06. The van der Waals surface area contributed by atoms with Crippen molar-refractivity contribution in [1.29, 1.82) is 0 Å². The Hall–Kier alpha value is -1.39. The van der Waals surface area contributed by atoms with Crippen LogP contribution in [0.15, 0.2) is 24.3 Å². The van der Waals surface area contributed by atoms with Gasteiger partial charge in [0.1, 0.15) is 0 Å². The van der Waals surface area contributed by atoms with E-state index in [0.717, 1.165) is 12.0 Å². The van der Waals surface area contributed by atoms with Crippen LogP contribution in [0, 0.1) is 0 Å². The highest BCUT2D eigenvalue weighted by molar-refractivity contribution is 5.93. The molecule has 2 N–H and O–H groups in total. The minimum atomic E-state index is 0.0108. The van der Waals surface area contributed by atoms with Crippen LogP contribution in [0.3, 0.4) is 0 Å². The van der Waals surface area contributed by atoms with Crippen LogP contribution >= 0.6 is 0 Å². The van der Waals surface area contributed by atoms with Gasteiger partial charge in [-0.05, 0) is 24.1 Å². The Morgan fingerprint density at radius 3 is 2.40 bits per heavy atom. The molecule has 0 saturated heterocycles. The normalized spacial score (nSPS) is 10.1. The van der Waals surface area contributed by atoms with Crippen molar-refractivity contribution >= 4 is 5.91 Å². The SMILES string of the molecule is CN(C)C(=O)c1ccc(CCON)cc1. The lowest BCUT2D eigenvalue weighted by Gasteiger charge is -2.10. The lowest BCUT2D eigenvalue weighted by atomic mass is 10.1. The molecule has 4 nitrogen and oxygen atoms in total. The monoisotopic (exact) mass is 208 g/mol. The van der Waals surface area contributed by atoms with E-state index in [2.05, 4.69) is 4.84 Å². The van der Waals surface area contributed by atoms with Crippen LogP contribution in [0.2, 0.25) is 0 Å². The Labute approximate surface area is 89.6 Å². The molecule has 1 aromatic rings. The summed E-state index contributed by atoms with van der Waals surface area (Å²) in [6.45, 7) is 0.487. The molecule has 0 bridgehead atoms. The average molecular weight is 208 g/mol. The molecule has 1 rings (SSSR count). The van der Waals surface area contributed by atoms with Gasteiger partial charge in [0.2, 0.25) is 0 Å². The Kier molecular flexibility index (Phi) is 4.27. The average Bonchev–Trinajstić information content (AvgIpc) is 2.26. The molecule has 0 aliphatic rings. The standard InChI is InChI=1S/C11H16N2O2/c1-13(2)11(14)10-5-3-9(4-6-10)7-8-15-12/h3-6H,7-8,12H2,1-2H3. The van der Waals surface area contributed by atoms with Gasteiger partial charge in [0.05, 0.1) is 6.61 Å². The van der Waals surface area contributed by atoms with E-state index in [1.54, 1.807) is 19.0 Å². The molecule has 4 heteroatoms. The number of carbonyl (C=O) groups is 1. The first-order valence-corrected chi connectivity index (χ1v) is 4.77. The van der Waals surface area contributed by atoms with E-state index in [9.17, 15) is 4.79 Å². The number of carbonyl (C=O) groups excluding carboxylic acids is 1. The summed E-state index contributed by atoms with van der Waals surface area (Å²) in [5, 5.41) is 0. The second-order valence-electron chi connectivity index (χ2n) is 3.52. The van der Waals surface area contributed by atoms with Crippen molar-refractivity contribution in [3.8, 4) is 0 Å². The molecule has 0 unspecified atom stereocenters. The Morgan fingerprint density at radius 2 is 1.93 bits per heavy atom. The van der Waals surface area contributed by atoms with E-state index in [1.165, 1.54) is 0 Å². The molecule has 0 aromatic heterocycles. The zero-order valence-electron chi connectivity index (χ0n) is 9.06. The number of hydrogen-bond donors (Lipinski definition) is 1. The van der Waals surface area contributed by atoms with Crippen LogP contribution in [0.1, 0.15) is 15.9 Å². The van der Waals surface area contributed by atoms with Crippen molar-refractivity contribution < 1.29 is 9.63 Å². The summed E-state index contributed by atoms with van der Waals surface area (Å²) in [7, 11) is 3.47. The van der Waals surface area contributed by atoms with Crippen molar-refractivity contribution in [3.05, 3.63) is 35.4 Å². The van der Waals surface area contributed by atoms with E-state index in [-0.39, 0.29) is 5.91 Å². The Bertz CT molecular complexity index is 320. The molecule has 0 aliphatic heterocycles. The molecule has 1 amide bonds. The molecule has 0 spiro atoms. The quantitative estimate of drug-likeness (QED) is 0.745. The fourth-order valence-corrected chi connectivity index (χ4v) is 1.25. The zero-order valence-corrected chi connectivity index (χ0v) is 9.06. The van der Waals surface area contributed by atoms with Crippen LogP contribution in [0.4, 0.5) is 0 Å². The predicted octanol–water partition coefficient (Wildman–Crippen LogP) is 0.821. The molecule has 1 aromatic carbocycles. The molecule has 0 radical (unpaired) electrons. The summed E-state index contributed by atoms with van der Waals surface area (Å²) in [4.78, 5) is 17.6. The molecule has 0 heterocycles. The van der Waals surface area contributed by atoms with Crippen molar-refractivity contribution in [1.82, 2.24) is 4.90 Å². The smallest absolute Gasteiger partial charge is 0.253 e. The number of amides is 1. The molecule has 82 valence electrons. The van der Waals surface area contributed by atoms with Crippen LogP contribution in [-0.4, -0.2) is 31.5 Å². The first-order chi connectivity index (χ1) is 7.15. The maximum absolute atomic E-state index is 11.6.